The summed E-state index contributed by atoms with van der Waals surface area (Å²) in [7, 11) is 1.62. The van der Waals surface area contributed by atoms with E-state index in [9.17, 15) is 5.11 Å². The Balaban J connectivity index is 1.71. The van der Waals surface area contributed by atoms with Gasteiger partial charge in [-0.25, -0.2) is 0 Å². The molecule has 5 nitrogen and oxygen atoms in total. The molecule has 2 atom stereocenters. The predicted octanol–water partition coefficient (Wildman–Crippen LogP) is 1.71. The van der Waals surface area contributed by atoms with Crippen molar-refractivity contribution in [1.82, 2.24) is 10.2 Å². The minimum absolute atomic E-state index is 0.245. The molecule has 0 aliphatic carbocycles. The molecule has 1 aliphatic heterocycles. The highest BCUT2D eigenvalue weighted by atomic mass is 16.5. The first kappa shape index (κ1) is 16.5. The molecule has 120 valence electrons. The zero-order chi connectivity index (χ0) is 15.2. The van der Waals surface area contributed by atoms with Crippen molar-refractivity contribution in [3.63, 3.8) is 0 Å². The summed E-state index contributed by atoms with van der Waals surface area (Å²) in [6.45, 7) is 7.26. The summed E-state index contributed by atoms with van der Waals surface area (Å²) in [5.74, 6) is 1.96. The predicted molar refractivity (Wildman–Crippen MR) is 82.3 cm³/mol. The second kappa shape index (κ2) is 7.94. The molecule has 0 bridgehead atoms. The van der Waals surface area contributed by atoms with Gasteiger partial charge in [0, 0.05) is 19.7 Å². The van der Waals surface area contributed by atoms with Crippen LogP contribution in [0.25, 0.3) is 0 Å². The van der Waals surface area contributed by atoms with Crippen LogP contribution < -0.4 is 5.32 Å². The molecule has 2 heterocycles. The smallest absolute Gasteiger partial charge is 0.120 e. The molecule has 0 aromatic carbocycles. The topological polar surface area (TPSA) is 57.9 Å². The Bertz CT molecular complexity index is 413. The van der Waals surface area contributed by atoms with Crippen molar-refractivity contribution < 1.29 is 14.3 Å². The minimum Gasteiger partial charge on any atom is -0.465 e. The average Bonchev–Trinajstić information content (AvgIpc) is 2.88. The van der Waals surface area contributed by atoms with E-state index in [1.54, 1.807) is 7.11 Å². The van der Waals surface area contributed by atoms with Crippen LogP contribution in [-0.4, -0.2) is 55.5 Å². The number of β-amino-alcohol motifs (C(OH)–C–C–N with tert-alkyl or cyclic N) is 1. The molecule has 5 heteroatoms. The second-order valence-electron chi connectivity index (χ2n) is 6.02. The lowest BCUT2D eigenvalue weighted by atomic mass is 10.0. The molecule has 0 amide bonds. The van der Waals surface area contributed by atoms with Crippen molar-refractivity contribution in [2.75, 3.05) is 33.4 Å². The number of piperidine rings is 1. The Labute approximate surface area is 127 Å². The fraction of sp³-hybridized carbons (Fsp3) is 0.750. The summed E-state index contributed by atoms with van der Waals surface area (Å²) < 4.78 is 10.6. The van der Waals surface area contributed by atoms with Gasteiger partial charge in [-0.2, -0.15) is 0 Å². The van der Waals surface area contributed by atoms with Gasteiger partial charge in [-0.15, -0.1) is 0 Å². The van der Waals surface area contributed by atoms with Crippen molar-refractivity contribution in [2.24, 2.45) is 0 Å². The fourth-order valence-corrected chi connectivity index (χ4v) is 2.95. The van der Waals surface area contributed by atoms with Crippen LogP contribution in [0.15, 0.2) is 16.5 Å². The summed E-state index contributed by atoms with van der Waals surface area (Å²) in [4.78, 5) is 2.31. The standard InChI is InChI=1S/C16H28N2O3/c1-12-4-5-16(21-12)13(2)17-14-6-8-18(9-7-14)10-15(19)11-20-3/h4-5,13-15,17,19H,6-11H2,1-3H3. The molecular formula is C16H28N2O3. The fourth-order valence-electron chi connectivity index (χ4n) is 2.95. The number of aliphatic hydroxyl groups excluding tert-OH is 1. The summed E-state index contributed by atoms with van der Waals surface area (Å²) in [6, 6.07) is 4.81. The maximum Gasteiger partial charge on any atom is 0.120 e. The Morgan fingerprint density at radius 3 is 2.71 bits per heavy atom. The third kappa shape index (κ3) is 5.11. The molecular weight excluding hydrogens is 268 g/mol. The van der Waals surface area contributed by atoms with Crippen LogP contribution in [0.5, 0.6) is 0 Å². The Kier molecular flexibility index (Phi) is 6.23. The highest BCUT2D eigenvalue weighted by Crippen LogP contribution is 2.19. The lowest BCUT2D eigenvalue weighted by Gasteiger charge is -2.34. The Hall–Kier alpha value is -0.880. The largest absolute Gasteiger partial charge is 0.465 e. The number of hydrogen-bond acceptors (Lipinski definition) is 5. The lowest BCUT2D eigenvalue weighted by molar-refractivity contribution is 0.0307. The van der Waals surface area contributed by atoms with Gasteiger partial charge in [-0.05, 0) is 51.9 Å². The summed E-state index contributed by atoms with van der Waals surface area (Å²) in [5, 5.41) is 13.4. The van der Waals surface area contributed by atoms with Crippen molar-refractivity contribution in [2.45, 2.75) is 44.9 Å². The van der Waals surface area contributed by atoms with E-state index in [0.717, 1.165) is 37.5 Å². The van der Waals surface area contributed by atoms with Gasteiger partial charge in [0.05, 0.1) is 18.8 Å². The van der Waals surface area contributed by atoms with Crippen LogP contribution in [0.3, 0.4) is 0 Å². The first-order chi connectivity index (χ1) is 10.1. The summed E-state index contributed by atoms with van der Waals surface area (Å²) in [5.41, 5.74) is 0. The van der Waals surface area contributed by atoms with Gasteiger partial charge in [0.15, 0.2) is 0 Å². The SMILES string of the molecule is COCC(O)CN1CCC(NC(C)c2ccc(C)o2)CC1. The molecule has 2 N–H and O–H groups in total. The van der Waals surface area contributed by atoms with Crippen molar-refractivity contribution in [3.05, 3.63) is 23.7 Å². The number of aliphatic hydroxyl groups is 1. The van der Waals surface area contributed by atoms with E-state index >= 15 is 0 Å². The lowest BCUT2D eigenvalue weighted by Crippen LogP contribution is -2.46. The first-order valence-electron chi connectivity index (χ1n) is 7.80. The minimum atomic E-state index is -0.385. The van der Waals surface area contributed by atoms with Crippen LogP contribution in [0.4, 0.5) is 0 Å². The number of aryl methyl sites for hydroxylation is 1. The molecule has 1 aliphatic rings. The maximum atomic E-state index is 9.77. The first-order valence-corrected chi connectivity index (χ1v) is 7.80. The number of ether oxygens (including phenoxy) is 1. The molecule has 0 spiro atoms. The van der Waals surface area contributed by atoms with Crippen molar-refractivity contribution in [1.29, 1.82) is 0 Å². The van der Waals surface area contributed by atoms with Crippen molar-refractivity contribution >= 4 is 0 Å². The van der Waals surface area contributed by atoms with Gasteiger partial charge in [0.25, 0.3) is 0 Å². The van der Waals surface area contributed by atoms with E-state index in [1.165, 1.54) is 0 Å². The van der Waals surface area contributed by atoms with Gasteiger partial charge in [0.2, 0.25) is 0 Å². The number of methoxy groups -OCH3 is 1. The Morgan fingerprint density at radius 1 is 1.43 bits per heavy atom. The number of rotatable bonds is 7. The van der Waals surface area contributed by atoms with E-state index in [1.807, 2.05) is 19.1 Å². The van der Waals surface area contributed by atoms with Gasteiger partial charge >= 0.3 is 0 Å². The van der Waals surface area contributed by atoms with Crippen LogP contribution in [-0.2, 0) is 4.74 Å². The molecule has 2 unspecified atom stereocenters. The van der Waals surface area contributed by atoms with E-state index in [2.05, 4.69) is 17.1 Å². The summed E-state index contributed by atoms with van der Waals surface area (Å²) >= 11 is 0. The highest BCUT2D eigenvalue weighted by molar-refractivity contribution is 5.09. The average molecular weight is 296 g/mol. The van der Waals surface area contributed by atoms with Gasteiger partial charge in [-0.3, -0.25) is 0 Å². The molecule has 1 aromatic rings. The van der Waals surface area contributed by atoms with Gasteiger partial charge in [0.1, 0.15) is 11.5 Å². The van der Waals surface area contributed by atoms with Crippen LogP contribution in [0.1, 0.15) is 37.3 Å². The van der Waals surface area contributed by atoms with Crippen LogP contribution in [0, 0.1) is 6.92 Å². The van der Waals surface area contributed by atoms with Gasteiger partial charge < -0.3 is 24.5 Å². The van der Waals surface area contributed by atoms with Crippen LogP contribution >= 0.6 is 0 Å². The molecule has 1 aromatic heterocycles. The van der Waals surface area contributed by atoms with E-state index in [-0.39, 0.29) is 12.1 Å². The molecule has 21 heavy (non-hydrogen) atoms. The number of nitrogens with one attached hydrogen (secondary N) is 1. The molecule has 0 radical (unpaired) electrons. The van der Waals surface area contributed by atoms with Crippen LogP contribution in [0.2, 0.25) is 0 Å². The van der Waals surface area contributed by atoms with E-state index in [4.69, 9.17) is 9.15 Å². The van der Waals surface area contributed by atoms with Gasteiger partial charge in [-0.1, -0.05) is 0 Å². The Morgan fingerprint density at radius 2 is 2.14 bits per heavy atom. The maximum absolute atomic E-state index is 9.77. The van der Waals surface area contributed by atoms with Crippen molar-refractivity contribution in [3.8, 4) is 0 Å². The third-order valence-electron chi connectivity index (χ3n) is 4.09. The zero-order valence-corrected chi connectivity index (χ0v) is 13.3. The monoisotopic (exact) mass is 296 g/mol. The number of nitrogens with zero attached hydrogens (tertiary/aromatic N) is 1. The highest BCUT2D eigenvalue weighted by Gasteiger charge is 2.23. The third-order valence-corrected chi connectivity index (χ3v) is 4.09. The quantitative estimate of drug-likeness (QED) is 0.802. The second-order valence-corrected chi connectivity index (χ2v) is 6.02. The normalized spacial score (nSPS) is 20.6. The summed E-state index contributed by atoms with van der Waals surface area (Å²) in [6.07, 6.45) is 1.82. The molecule has 2 rings (SSSR count). The number of hydrogen-bond donors (Lipinski definition) is 2. The number of furan rings is 1. The molecule has 0 saturated carbocycles. The van der Waals surface area contributed by atoms with E-state index in [0.29, 0.717) is 19.2 Å². The molecule has 1 fully saturated rings. The van der Waals surface area contributed by atoms with E-state index < -0.39 is 0 Å². The molecule has 1 saturated heterocycles. The zero-order valence-electron chi connectivity index (χ0n) is 13.3. The number of likely N-dealkylation sites (tertiary alicyclic amines) is 1.